The van der Waals surface area contributed by atoms with Gasteiger partial charge in [0, 0.05) is 12.2 Å². The molecule has 92 valence electrons. The van der Waals surface area contributed by atoms with Crippen LogP contribution in [-0.4, -0.2) is 24.7 Å². The van der Waals surface area contributed by atoms with Crippen molar-refractivity contribution in [1.82, 2.24) is 10.6 Å². The van der Waals surface area contributed by atoms with Gasteiger partial charge >= 0.3 is 6.03 Å². The average molecular weight is 237 g/mol. The zero-order valence-corrected chi connectivity index (χ0v) is 9.72. The molecule has 3 N–H and O–H groups in total. The second kappa shape index (κ2) is 4.71. The Hall–Kier alpha value is -1.62. The number of carbonyl (C=O) groups excluding carboxylic acids is 1. The highest BCUT2D eigenvalue weighted by molar-refractivity contribution is 5.89. The lowest BCUT2D eigenvalue weighted by molar-refractivity contribution is 0.241. The van der Waals surface area contributed by atoms with Gasteiger partial charge in [-0.2, -0.15) is 0 Å². The first-order valence-electron chi connectivity index (χ1n) is 5.63. The van der Waals surface area contributed by atoms with E-state index in [0.717, 1.165) is 19.5 Å². The van der Waals surface area contributed by atoms with Crippen LogP contribution in [0.5, 0.6) is 0 Å². The largest absolute Gasteiger partial charge is 0.331 e. The summed E-state index contributed by atoms with van der Waals surface area (Å²) in [7, 11) is 0. The predicted octanol–water partition coefficient (Wildman–Crippen LogP) is 1.70. The molecule has 1 aromatic rings. The molecule has 0 spiro atoms. The number of rotatable bonds is 2. The first kappa shape index (κ1) is 11.9. The number of carbonyl (C=O) groups is 1. The van der Waals surface area contributed by atoms with E-state index in [1.807, 2.05) is 6.92 Å². The molecule has 1 atom stereocenters. The lowest BCUT2D eigenvalue weighted by atomic mass is 10.0. The molecule has 5 heteroatoms. The molecule has 4 nitrogen and oxygen atoms in total. The molecule has 0 radical (unpaired) electrons. The fourth-order valence-electron chi connectivity index (χ4n) is 1.93. The van der Waals surface area contributed by atoms with Gasteiger partial charge in [0.05, 0.1) is 5.54 Å². The molecule has 0 bridgehead atoms. The van der Waals surface area contributed by atoms with E-state index >= 15 is 0 Å². The van der Waals surface area contributed by atoms with Gasteiger partial charge in [-0.15, -0.1) is 0 Å². The maximum atomic E-state index is 12.9. The zero-order chi connectivity index (χ0) is 12.3. The molecular weight excluding hydrogens is 221 g/mol. The van der Waals surface area contributed by atoms with Gasteiger partial charge in [-0.25, -0.2) is 9.18 Å². The van der Waals surface area contributed by atoms with Crippen LogP contribution in [0.1, 0.15) is 13.3 Å². The van der Waals surface area contributed by atoms with E-state index < -0.39 is 0 Å². The molecule has 1 aromatic carbocycles. The Balaban J connectivity index is 1.93. The third kappa shape index (κ3) is 3.17. The number of halogens is 1. The third-order valence-electron chi connectivity index (χ3n) is 2.87. The number of anilines is 1. The number of amides is 2. The van der Waals surface area contributed by atoms with Crippen LogP contribution in [0.2, 0.25) is 0 Å². The van der Waals surface area contributed by atoms with Crippen LogP contribution in [0.15, 0.2) is 24.3 Å². The summed E-state index contributed by atoms with van der Waals surface area (Å²) in [5, 5.41) is 8.69. The second-order valence-corrected chi connectivity index (χ2v) is 4.58. The highest BCUT2D eigenvalue weighted by atomic mass is 19.1. The smallest absolute Gasteiger partial charge is 0.319 e. The predicted molar refractivity (Wildman–Crippen MR) is 64.4 cm³/mol. The highest BCUT2D eigenvalue weighted by Crippen LogP contribution is 2.14. The topological polar surface area (TPSA) is 53.2 Å². The molecular formula is C12H16FN3O. The lowest BCUT2D eigenvalue weighted by Crippen LogP contribution is -2.49. The van der Waals surface area contributed by atoms with Gasteiger partial charge in [0.15, 0.2) is 0 Å². The van der Waals surface area contributed by atoms with Crippen LogP contribution in [-0.2, 0) is 0 Å². The van der Waals surface area contributed by atoms with Crippen molar-refractivity contribution in [3.63, 3.8) is 0 Å². The van der Waals surface area contributed by atoms with Crippen LogP contribution in [0.3, 0.4) is 0 Å². The molecule has 1 unspecified atom stereocenters. The fourth-order valence-corrected chi connectivity index (χ4v) is 1.93. The van der Waals surface area contributed by atoms with Crippen molar-refractivity contribution in [2.75, 3.05) is 18.4 Å². The minimum absolute atomic E-state index is 0.225. The molecule has 1 fully saturated rings. The Morgan fingerprint density at radius 1 is 1.53 bits per heavy atom. The van der Waals surface area contributed by atoms with Gasteiger partial charge in [-0.1, -0.05) is 6.07 Å². The Kier molecular flexibility index (Phi) is 3.28. The summed E-state index contributed by atoms with van der Waals surface area (Å²) in [5.41, 5.74) is 0.231. The summed E-state index contributed by atoms with van der Waals surface area (Å²) in [5.74, 6) is -0.364. The Bertz CT molecular complexity index is 416. The monoisotopic (exact) mass is 237 g/mol. The van der Waals surface area contributed by atoms with Crippen LogP contribution in [0.4, 0.5) is 14.9 Å². The Morgan fingerprint density at radius 2 is 2.35 bits per heavy atom. The number of hydrogen-bond acceptors (Lipinski definition) is 2. The number of benzene rings is 1. The van der Waals surface area contributed by atoms with Gasteiger partial charge in [0.25, 0.3) is 0 Å². The number of hydrogen-bond donors (Lipinski definition) is 3. The maximum Gasteiger partial charge on any atom is 0.319 e. The quantitative estimate of drug-likeness (QED) is 0.733. The van der Waals surface area contributed by atoms with E-state index in [9.17, 15) is 9.18 Å². The zero-order valence-electron chi connectivity index (χ0n) is 9.72. The SMILES string of the molecule is CC1(NC(=O)Nc2cccc(F)c2)CCNC1. The van der Waals surface area contributed by atoms with E-state index in [-0.39, 0.29) is 17.4 Å². The highest BCUT2D eigenvalue weighted by Gasteiger charge is 2.29. The number of urea groups is 1. The van der Waals surface area contributed by atoms with Crippen molar-refractivity contribution in [2.24, 2.45) is 0 Å². The maximum absolute atomic E-state index is 12.9. The normalized spacial score (nSPS) is 23.4. The van der Waals surface area contributed by atoms with Crippen molar-refractivity contribution in [3.8, 4) is 0 Å². The van der Waals surface area contributed by atoms with Crippen molar-refractivity contribution >= 4 is 11.7 Å². The van der Waals surface area contributed by atoms with Gasteiger partial charge in [-0.3, -0.25) is 0 Å². The van der Waals surface area contributed by atoms with Gasteiger partial charge in [-0.05, 0) is 38.1 Å². The van der Waals surface area contributed by atoms with Crippen LogP contribution >= 0.6 is 0 Å². The average Bonchev–Trinajstić information content (AvgIpc) is 2.64. The minimum Gasteiger partial charge on any atom is -0.331 e. The van der Waals surface area contributed by atoms with Gasteiger partial charge < -0.3 is 16.0 Å². The molecule has 1 heterocycles. The summed E-state index contributed by atoms with van der Waals surface area (Å²) >= 11 is 0. The Morgan fingerprint density at radius 3 is 3.00 bits per heavy atom. The molecule has 1 saturated heterocycles. The molecule has 2 amide bonds. The second-order valence-electron chi connectivity index (χ2n) is 4.58. The molecule has 2 rings (SSSR count). The van der Waals surface area contributed by atoms with Crippen molar-refractivity contribution in [3.05, 3.63) is 30.1 Å². The van der Waals surface area contributed by atoms with Crippen molar-refractivity contribution < 1.29 is 9.18 Å². The van der Waals surface area contributed by atoms with E-state index in [1.54, 1.807) is 12.1 Å². The third-order valence-corrected chi connectivity index (χ3v) is 2.87. The standard InChI is InChI=1S/C12H16FN3O/c1-12(5-6-14-8-12)16-11(17)15-10-4-2-3-9(13)7-10/h2-4,7,14H,5-6,8H2,1H3,(H2,15,16,17). The van der Waals surface area contributed by atoms with Crippen LogP contribution < -0.4 is 16.0 Å². The summed E-state index contributed by atoms with van der Waals surface area (Å²) in [6.45, 7) is 3.64. The lowest BCUT2D eigenvalue weighted by Gasteiger charge is -2.24. The summed E-state index contributed by atoms with van der Waals surface area (Å²) < 4.78 is 12.9. The molecule has 0 saturated carbocycles. The first-order chi connectivity index (χ1) is 8.07. The molecule has 17 heavy (non-hydrogen) atoms. The fraction of sp³-hybridized carbons (Fsp3) is 0.417. The van der Waals surface area contributed by atoms with Crippen LogP contribution in [0.25, 0.3) is 0 Å². The van der Waals surface area contributed by atoms with Crippen molar-refractivity contribution in [1.29, 1.82) is 0 Å². The van der Waals surface area contributed by atoms with Crippen LogP contribution in [0, 0.1) is 5.82 Å². The van der Waals surface area contributed by atoms with E-state index in [0.29, 0.717) is 5.69 Å². The van der Waals surface area contributed by atoms with Gasteiger partial charge in [0.2, 0.25) is 0 Å². The first-order valence-corrected chi connectivity index (χ1v) is 5.63. The minimum atomic E-state index is -0.364. The summed E-state index contributed by atoms with van der Waals surface area (Å²) in [6.07, 6.45) is 0.892. The van der Waals surface area contributed by atoms with E-state index in [2.05, 4.69) is 16.0 Å². The summed E-state index contributed by atoms with van der Waals surface area (Å²) in [4.78, 5) is 11.7. The molecule has 0 aromatic heterocycles. The summed E-state index contributed by atoms with van der Waals surface area (Å²) in [6, 6.07) is 5.53. The number of nitrogens with one attached hydrogen (secondary N) is 3. The van der Waals surface area contributed by atoms with E-state index in [1.165, 1.54) is 12.1 Å². The Labute approximate surface area is 99.6 Å². The molecule has 1 aliphatic rings. The molecule has 1 aliphatic heterocycles. The van der Waals surface area contributed by atoms with Crippen molar-refractivity contribution in [2.45, 2.75) is 18.9 Å². The van der Waals surface area contributed by atoms with E-state index in [4.69, 9.17) is 0 Å². The molecule has 0 aliphatic carbocycles. The van der Waals surface area contributed by atoms with Gasteiger partial charge in [0.1, 0.15) is 5.82 Å².